The van der Waals surface area contributed by atoms with Gasteiger partial charge < -0.3 is 10.1 Å². The topological polar surface area (TPSA) is 69.0 Å². The normalized spacial score (nSPS) is 18.7. The predicted molar refractivity (Wildman–Crippen MR) is 106 cm³/mol. The zero-order valence-corrected chi connectivity index (χ0v) is 16.5. The van der Waals surface area contributed by atoms with Crippen LogP contribution in [0.15, 0.2) is 40.7 Å². The third-order valence-corrected chi connectivity index (χ3v) is 5.49. The van der Waals surface area contributed by atoms with E-state index in [0.29, 0.717) is 19.0 Å². The third kappa shape index (κ3) is 3.48. The van der Waals surface area contributed by atoms with Crippen molar-refractivity contribution in [1.29, 1.82) is 0 Å². The molecule has 1 aliphatic heterocycles. The van der Waals surface area contributed by atoms with E-state index in [-0.39, 0.29) is 11.8 Å². The highest BCUT2D eigenvalue weighted by Crippen LogP contribution is 2.41. The highest BCUT2D eigenvalue weighted by Gasteiger charge is 2.36. The number of fused-ring (bicyclic) bond motifs is 1. The lowest BCUT2D eigenvalue weighted by atomic mass is 9.85. The second-order valence-corrected chi connectivity index (χ2v) is 7.94. The van der Waals surface area contributed by atoms with Gasteiger partial charge in [0.15, 0.2) is 5.78 Å². The summed E-state index contributed by atoms with van der Waals surface area (Å²) in [5, 5.41) is 8.79. The highest BCUT2D eigenvalue weighted by molar-refractivity contribution is 7.99. The van der Waals surface area contributed by atoms with Gasteiger partial charge >= 0.3 is 0 Å². The van der Waals surface area contributed by atoms with E-state index < -0.39 is 0 Å². The minimum Gasteiger partial charge on any atom is -0.494 e. The van der Waals surface area contributed by atoms with E-state index in [1.807, 2.05) is 28.9 Å². The van der Waals surface area contributed by atoms with Crippen molar-refractivity contribution in [3.8, 4) is 5.75 Å². The number of Topliss-reactive ketones (excluding diaryl/α,β-unsaturated/α-hetero) is 1. The Morgan fingerprint density at radius 1 is 1.33 bits per heavy atom. The predicted octanol–water partition coefficient (Wildman–Crippen LogP) is 4.20. The summed E-state index contributed by atoms with van der Waals surface area (Å²) in [5.41, 5.74) is 2.82. The number of nitrogens with one attached hydrogen (secondary N) is 1. The summed E-state index contributed by atoms with van der Waals surface area (Å²) in [4.78, 5) is 17.4. The number of carbonyl (C=O) groups is 1. The molecule has 0 saturated heterocycles. The number of carbonyl (C=O) groups excluding carboxylic acids is 1. The smallest absolute Gasteiger partial charge is 0.227 e. The summed E-state index contributed by atoms with van der Waals surface area (Å²) in [7, 11) is 0. The van der Waals surface area contributed by atoms with Crippen molar-refractivity contribution < 1.29 is 9.53 Å². The maximum Gasteiger partial charge on any atom is 0.227 e. The van der Waals surface area contributed by atoms with Crippen molar-refractivity contribution in [3.05, 3.63) is 41.1 Å². The molecule has 1 atom stereocenters. The summed E-state index contributed by atoms with van der Waals surface area (Å²) >= 11 is 1.60. The molecule has 1 aromatic carbocycles. The zero-order chi connectivity index (χ0) is 18.8. The van der Waals surface area contributed by atoms with Crippen molar-refractivity contribution in [2.24, 2.45) is 0 Å². The van der Waals surface area contributed by atoms with E-state index in [1.165, 1.54) is 0 Å². The molecule has 0 amide bonds. The molecule has 4 rings (SSSR count). The van der Waals surface area contributed by atoms with Crippen molar-refractivity contribution in [2.45, 2.75) is 50.7 Å². The Balaban J connectivity index is 1.80. The number of thioether (sulfide) groups is 1. The molecule has 2 heterocycles. The van der Waals surface area contributed by atoms with Crippen LogP contribution in [0.1, 0.15) is 51.1 Å². The SMILES string of the molecule is CCCOc1cccc(C2C3=C(CCCC3=O)Nc3nc(SCC)nn32)c1. The zero-order valence-electron chi connectivity index (χ0n) is 15.7. The minimum absolute atomic E-state index is 0.194. The second kappa shape index (κ2) is 7.76. The fourth-order valence-corrected chi connectivity index (χ4v) is 4.18. The number of allylic oxidation sites excluding steroid dienone is 2. The van der Waals surface area contributed by atoms with Crippen LogP contribution in [0.3, 0.4) is 0 Å². The number of anilines is 1. The van der Waals surface area contributed by atoms with Gasteiger partial charge in [0.05, 0.1) is 6.61 Å². The Morgan fingerprint density at radius 2 is 2.22 bits per heavy atom. The first-order chi connectivity index (χ1) is 13.2. The van der Waals surface area contributed by atoms with Crippen LogP contribution in [0.4, 0.5) is 5.95 Å². The standard InChI is InChI=1S/C20H24N4O2S/c1-3-11-26-14-8-5-7-13(12-14)18-17-15(9-6-10-16(17)25)21-19-22-20(27-4-2)23-24(18)19/h5,7-8,12,18H,3-4,6,9-11H2,1-2H3,(H,21,22,23). The average molecular weight is 385 g/mol. The fraction of sp³-hybridized carbons (Fsp3) is 0.450. The van der Waals surface area contributed by atoms with E-state index in [0.717, 1.165) is 52.8 Å². The van der Waals surface area contributed by atoms with Crippen molar-refractivity contribution in [1.82, 2.24) is 14.8 Å². The van der Waals surface area contributed by atoms with Crippen LogP contribution in [0.2, 0.25) is 0 Å². The Labute approximate surface area is 163 Å². The maximum absolute atomic E-state index is 12.8. The molecule has 1 unspecified atom stereocenters. The van der Waals surface area contributed by atoms with Crippen LogP contribution in [-0.4, -0.2) is 32.9 Å². The lowest BCUT2D eigenvalue weighted by molar-refractivity contribution is -0.116. The van der Waals surface area contributed by atoms with Crippen LogP contribution in [0, 0.1) is 0 Å². The van der Waals surface area contributed by atoms with Crippen LogP contribution >= 0.6 is 11.8 Å². The summed E-state index contributed by atoms with van der Waals surface area (Å²) < 4.78 is 7.68. The lowest BCUT2D eigenvalue weighted by Crippen LogP contribution is -2.31. The first-order valence-electron chi connectivity index (χ1n) is 9.56. The van der Waals surface area contributed by atoms with Gasteiger partial charge in [0.2, 0.25) is 11.1 Å². The van der Waals surface area contributed by atoms with Gasteiger partial charge in [0, 0.05) is 17.7 Å². The van der Waals surface area contributed by atoms with E-state index in [9.17, 15) is 4.79 Å². The van der Waals surface area contributed by atoms with Gasteiger partial charge in [-0.15, -0.1) is 5.10 Å². The van der Waals surface area contributed by atoms with Gasteiger partial charge in [-0.3, -0.25) is 4.79 Å². The number of benzene rings is 1. The molecule has 0 radical (unpaired) electrons. The quantitative estimate of drug-likeness (QED) is 0.753. The summed E-state index contributed by atoms with van der Waals surface area (Å²) in [6.45, 7) is 4.84. The maximum atomic E-state index is 12.8. The lowest BCUT2D eigenvalue weighted by Gasteiger charge is -2.32. The molecule has 1 aliphatic carbocycles. The third-order valence-electron chi connectivity index (χ3n) is 4.77. The molecule has 142 valence electrons. The molecule has 0 saturated carbocycles. The Hall–Kier alpha value is -2.28. The van der Waals surface area contributed by atoms with E-state index in [4.69, 9.17) is 9.84 Å². The van der Waals surface area contributed by atoms with Crippen LogP contribution in [0.5, 0.6) is 5.75 Å². The molecule has 2 aromatic rings. The van der Waals surface area contributed by atoms with Gasteiger partial charge in [-0.25, -0.2) is 4.68 Å². The summed E-state index contributed by atoms with van der Waals surface area (Å²) in [6.07, 6.45) is 3.29. The molecule has 0 bridgehead atoms. The minimum atomic E-state index is -0.257. The number of aromatic nitrogens is 3. The molecule has 2 aliphatic rings. The number of hydrogen-bond donors (Lipinski definition) is 1. The number of hydrogen-bond acceptors (Lipinski definition) is 6. The molecule has 6 nitrogen and oxygen atoms in total. The van der Waals surface area contributed by atoms with Gasteiger partial charge in [-0.1, -0.05) is 37.7 Å². The van der Waals surface area contributed by atoms with Crippen LogP contribution < -0.4 is 10.1 Å². The highest BCUT2D eigenvalue weighted by atomic mass is 32.2. The van der Waals surface area contributed by atoms with Crippen LogP contribution in [0.25, 0.3) is 0 Å². The van der Waals surface area contributed by atoms with Crippen molar-refractivity contribution in [3.63, 3.8) is 0 Å². The molecule has 7 heteroatoms. The number of nitrogens with zero attached hydrogens (tertiary/aromatic N) is 3. The van der Waals surface area contributed by atoms with Crippen molar-refractivity contribution >= 4 is 23.5 Å². The number of ketones is 1. The van der Waals surface area contributed by atoms with Crippen molar-refractivity contribution in [2.75, 3.05) is 17.7 Å². The van der Waals surface area contributed by atoms with E-state index in [1.54, 1.807) is 11.8 Å². The first-order valence-corrected chi connectivity index (χ1v) is 10.5. The van der Waals surface area contributed by atoms with Gasteiger partial charge in [-0.05, 0) is 42.7 Å². The van der Waals surface area contributed by atoms with E-state index >= 15 is 0 Å². The van der Waals surface area contributed by atoms with Gasteiger partial charge in [-0.2, -0.15) is 4.98 Å². The molecular formula is C20H24N4O2S. The Bertz CT molecular complexity index is 890. The number of ether oxygens (including phenoxy) is 1. The molecule has 27 heavy (non-hydrogen) atoms. The summed E-state index contributed by atoms with van der Waals surface area (Å²) in [5.74, 6) is 2.63. The van der Waals surface area contributed by atoms with Gasteiger partial charge in [0.1, 0.15) is 11.8 Å². The Morgan fingerprint density at radius 3 is 3.04 bits per heavy atom. The summed E-state index contributed by atoms with van der Waals surface area (Å²) in [6, 6.07) is 7.75. The molecule has 0 spiro atoms. The average Bonchev–Trinajstić information content (AvgIpc) is 3.07. The monoisotopic (exact) mass is 384 g/mol. The Kier molecular flexibility index (Phi) is 5.20. The largest absolute Gasteiger partial charge is 0.494 e. The first kappa shape index (κ1) is 18.1. The molecular weight excluding hydrogens is 360 g/mol. The second-order valence-electron chi connectivity index (χ2n) is 6.71. The molecule has 1 N–H and O–H groups in total. The molecule has 0 fully saturated rings. The van der Waals surface area contributed by atoms with E-state index in [2.05, 4.69) is 24.1 Å². The van der Waals surface area contributed by atoms with Crippen LogP contribution in [-0.2, 0) is 4.79 Å². The molecule has 1 aromatic heterocycles. The van der Waals surface area contributed by atoms with Gasteiger partial charge in [0.25, 0.3) is 0 Å². The number of rotatable bonds is 6. The fourth-order valence-electron chi connectivity index (χ4n) is 3.63.